The molecule has 0 aliphatic carbocycles. The Morgan fingerprint density at radius 1 is 1.30 bits per heavy atom. The lowest BCUT2D eigenvalue weighted by Crippen LogP contribution is -2.44. The van der Waals surface area contributed by atoms with E-state index in [-0.39, 0.29) is 18.2 Å². The van der Waals surface area contributed by atoms with Crippen LogP contribution in [0.25, 0.3) is 0 Å². The second kappa shape index (κ2) is 8.79. The van der Waals surface area contributed by atoms with Gasteiger partial charge in [-0.25, -0.2) is 4.79 Å². The molecule has 0 radical (unpaired) electrons. The molecule has 5 nitrogen and oxygen atoms in total. The molecule has 6 heteroatoms. The Morgan fingerprint density at radius 3 is 2.50 bits per heavy atom. The SMILES string of the molecule is COCCNC(=O)N[C@@H](C)[C@H](OC)c1ccc(Cl)cc1. The highest BCUT2D eigenvalue weighted by atomic mass is 35.5. The minimum absolute atomic E-state index is 0.177. The summed E-state index contributed by atoms with van der Waals surface area (Å²) in [4.78, 5) is 11.7. The first kappa shape index (κ1) is 16.8. The monoisotopic (exact) mass is 300 g/mol. The number of hydrogen-bond donors (Lipinski definition) is 2. The van der Waals surface area contributed by atoms with Crippen LogP contribution in [0, 0.1) is 0 Å². The molecule has 112 valence electrons. The molecule has 0 aliphatic heterocycles. The number of hydrogen-bond acceptors (Lipinski definition) is 3. The van der Waals surface area contributed by atoms with Crippen LogP contribution in [-0.4, -0.2) is 39.4 Å². The highest BCUT2D eigenvalue weighted by Crippen LogP contribution is 2.22. The molecule has 0 fully saturated rings. The highest BCUT2D eigenvalue weighted by Gasteiger charge is 2.20. The van der Waals surface area contributed by atoms with Gasteiger partial charge < -0.3 is 20.1 Å². The third-order valence-electron chi connectivity index (χ3n) is 2.86. The Labute approximate surface area is 124 Å². The second-order valence-corrected chi connectivity index (χ2v) is 4.83. The Balaban J connectivity index is 2.56. The summed E-state index contributed by atoms with van der Waals surface area (Å²) >= 11 is 5.86. The van der Waals surface area contributed by atoms with Crippen molar-refractivity contribution in [3.05, 3.63) is 34.9 Å². The van der Waals surface area contributed by atoms with E-state index in [1.807, 2.05) is 19.1 Å². The number of benzene rings is 1. The van der Waals surface area contributed by atoms with Crippen LogP contribution in [0.5, 0.6) is 0 Å². The van der Waals surface area contributed by atoms with Gasteiger partial charge in [-0.3, -0.25) is 0 Å². The van der Waals surface area contributed by atoms with Crippen molar-refractivity contribution in [3.8, 4) is 0 Å². The van der Waals surface area contributed by atoms with Crippen LogP contribution in [-0.2, 0) is 9.47 Å². The third-order valence-corrected chi connectivity index (χ3v) is 3.11. The van der Waals surface area contributed by atoms with Crippen molar-refractivity contribution in [2.45, 2.75) is 19.1 Å². The van der Waals surface area contributed by atoms with Gasteiger partial charge in [0.1, 0.15) is 6.10 Å². The number of rotatable bonds is 7. The summed E-state index contributed by atoms with van der Waals surface area (Å²) in [5.74, 6) is 0. The van der Waals surface area contributed by atoms with Gasteiger partial charge in [-0.15, -0.1) is 0 Å². The molecule has 0 aromatic heterocycles. The fourth-order valence-electron chi connectivity index (χ4n) is 1.88. The van der Waals surface area contributed by atoms with Gasteiger partial charge in [0.2, 0.25) is 0 Å². The number of methoxy groups -OCH3 is 2. The average Bonchev–Trinajstić information content (AvgIpc) is 2.42. The molecule has 2 atom stereocenters. The molecule has 20 heavy (non-hydrogen) atoms. The predicted molar refractivity (Wildman–Crippen MR) is 79.1 cm³/mol. The molecular formula is C14H21ClN2O3. The van der Waals surface area contributed by atoms with Crippen LogP contribution in [0.15, 0.2) is 24.3 Å². The van der Waals surface area contributed by atoms with Crippen molar-refractivity contribution in [2.75, 3.05) is 27.4 Å². The highest BCUT2D eigenvalue weighted by molar-refractivity contribution is 6.30. The Morgan fingerprint density at radius 2 is 1.95 bits per heavy atom. The van der Waals surface area contributed by atoms with Gasteiger partial charge in [0, 0.05) is 25.8 Å². The molecule has 2 N–H and O–H groups in total. The van der Waals surface area contributed by atoms with E-state index in [1.165, 1.54) is 0 Å². The first-order chi connectivity index (χ1) is 9.58. The van der Waals surface area contributed by atoms with Crippen molar-refractivity contribution in [1.82, 2.24) is 10.6 Å². The summed E-state index contributed by atoms with van der Waals surface area (Å²) in [7, 11) is 3.20. The van der Waals surface area contributed by atoms with E-state index < -0.39 is 0 Å². The molecule has 0 unspecified atom stereocenters. The van der Waals surface area contributed by atoms with Crippen LogP contribution < -0.4 is 10.6 Å². The maximum atomic E-state index is 11.7. The molecule has 1 aromatic carbocycles. The zero-order valence-corrected chi connectivity index (χ0v) is 12.7. The zero-order valence-electron chi connectivity index (χ0n) is 12.0. The Kier molecular flexibility index (Phi) is 7.36. The van der Waals surface area contributed by atoms with Crippen LogP contribution in [0.1, 0.15) is 18.6 Å². The summed E-state index contributed by atoms with van der Waals surface area (Å²) < 4.78 is 10.3. The Hall–Kier alpha value is -1.30. The number of amides is 2. The summed E-state index contributed by atoms with van der Waals surface area (Å²) in [6, 6.07) is 6.95. The fraction of sp³-hybridized carbons (Fsp3) is 0.500. The van der Waals surface area contributed by atoms with Crippen LogP contribution in [0.3, 0.4) is 0 Å². The van der Waals surface area contributed by atoms with Gasteiger partial charge in [-0.2, -0.15) is 0 Å². The van der Waals surface area contributed by atoms with E-state index in [0.717, 1.165) is 5.56 Å². The average molecular weight is 301 g/mol. The number of nitrogens with one attached hydrogen (secondary N) is 2. The number of carbonyl (C=O) groups excluding carboxylic acids is 1. The van der Waals surface area contributed by atoms with E-state index >= 15 is 0 Å². The molecule has 0 heterocycles. The van der Waals surface area contributed by atoms with E-state index in [0.29, 0.717) is 18.2 Å². The van der Waals surface area contributed by atoms with E-state index in [4.69, 9.17) is 21.1 Å². The molecule has 1 rings (SSSR count). The summed E-state index contributed by atoms with van der Waals surface area (Å²) in [6.45, 7) is 2.83. The molecule has 0 saturated carbocycles. The Bertz CT molecular complexity index is 411. The van der Waals surface area contributed by atoms with E-state index in [1.54, 1.807) is 26.4 Å². The topological polar surface area (TPSA) is 59.6 Å². The maximum Gasteiger partial charge on any atom is 0.315 e. The molecule has 1 aromatic rings. The van der Waals surface area contributed by atoms with Gasteiger partial charge >= 0.3 is 6.03 Å². The lowest BCUT2D eigenvalue weighted by molar-refractivity contribution is 0.0761. The summed E-state index contributed by atoms with van der Waals surface area (Å²) in [5.41, 5.74) is 0.960. The number of carbonyl (C=O) groups is 1. The molecular weight excluding hydrogens is 280 g/mol. The maximum absolute atomic E-state index is 11.7. The van der Waals surface area contributed by atoms with Crippen molar-refractivity contribution in [1.29, 1.82) is 0 Å². The molecule has 0 saturated heterocycles. The van der Waals surface area contributed by atoms with Crippen molar-refractivity contribution < 1.29 is 14.3 Å². The first-order valence-electron chi connectivity index (χ1n) is 6.40. The fourth-order valence-corrected chi connectivity index (χ4v) is 2.01. The van der Waals surface area contributed by atoms with E-state index in [9.17, 15) is 4.79 Å². The first-order valence-corrected chi connectivity index (χ1v) is 6.77. The van der Waals surface area contributed by atoms with Gasteiger partial charge in [0.25, 0.3) is 0 Å². The quantitative estimate of drug-likeness (QED) is 0.760. The molecule has 2 amide bonds. The molecule has 0 bridgehead atoms. The second-order valence-electron chi connectivity index (χ2n) is 4.39. The lowest BCUT2D eigenvalue weighted by atomic mass is 10.0. The number of ether oxygens (including phenoxy) is 2. The molecule has 0 spiro atoms. The van der Waals surface area contributed by atoms with Gasteiger partial charge in [-0.1, -0.05) is 23.7 Å². The van der Waals surface area contributed by atoms with Crippen molar-refractivity contribution in [3.63, 3.8) is 0 Å². The third kappa shape index (κ3) is 5.36. The number of urea groups is 1. The normalized spacial score (nSPS) is 13.6. The van der Waals surface area contributed by atoms with Gasteiger partial charge in [0.05, 0.1) is 12.6 Å². The van der Waals surface area contributed by atoms with Gasteiger partial charge in [-0.05, 0) is 24.6 Å². The summed E-state index contributed by atoms with van der Waals surface area (Å²) in [5, 5.41) is 6.21. The van der Waals surface area contributed by atoms with E-state index in [2.05, 4.69) is 10.6 Å². The minimum atomic E-state index is -0.245. The number of halogens is 1. The van der Waals surface area contributed by atoms with Gasteiger partial charge in [0.15, 0.2) is 0 Å². The van der Waals surface area contributed by atoms with Crippen molar-refractivity contribution >= 4 is 17.6 Å². The predicted octanol–water partition coefficient (Wildman–Crippen LogP) is 2.36. The molecule has 0 aliphatic rings. The summed E-state index contributed by atoms with van der Waals surface area (Å²) in [6.07, 6.45) is -0.236. The minimum Gasteiger partial charge on any atom is -0.383 e. The lowest BCUT2D eigenvalue weighted by Gasteiger charge is -2.24. The van der Waals surface area contributed by atoms with Crippen LogP contribution in [0.2, 0.25) is 5.02 Å². The standard InChI is InChI=1S/C14H21ClN2O3/c1-10(17-14(18)16-8-9-19-2)13(20-3)11-4-6-12(15)7-5-11/h4-7,10,13H,8-9H2,1-3H3,(H2,16,17,18)/t10-,13-/m0/s1. The zero-order chi connectivity index (χ0) is 15.0. The van der Waals surface area contributed by atoms with Crippen LogP contribution in [0.4, 0.5) is 4.79 Å². The largest absolute Gasteiger partial charge is 0.383 e. The smallest absolute Gasteiger partial charge is 0.315 e. The van der Waals surface area contributed by atoms with Crippen molar-refractivity contribution in [2.24, 2.45) is 0 Å². The van der Waals surface area contributed by atoms with Crippen LogP contribution >= 0.6 is 11.6 Å².